The van der Waals surface area contributed by atoms with Crippen LogP contribution in [0.4, 0.5) is 0 Å². The maximum absolute atomic E-state index is 5.23. The maximum Gasteiger partial charge on any atom is 0.118 e. The van der Waals surface area contributed by atoms with E-state index in [9.17, 15) is 0 Å². The molecule has 2 aromatic rings. The number of aryl methyl sites for hydroxylation is 2. The van der Waals surface area contributed by atoms with Crippen molar-refractivity contribution in [2.45, 2.75) is 57.0 Å². The van der Waals surface area contributed by atoms with Crippen LogP contribution < -0.4 is 14.8 Å². The molecule has 0 bridgehead atoms. The molecule has 0 spiro atoms. The van der Waals surface area contributed by atoms with E-state index in [-0.39, 0.29) is 0 Å². The summed E-state index contributed by atoms with van der Waals surface area (Å²) in [7, 11) is 3.43. The molecule has 0 amide bonds. The lowest BCUT2D eigenvalue weighted by Crippen LogP contribution is -2.42. The first kappa shape index (κ1) is 18.8. The third kappa shape index (κ3) is 5.50. The minimum Gasteiger partial charge on any atom is -0.497 e. The van der Waals surface area contributed by atoms with Crippen LogP contribution in [0.1, 0.15) is 43.2 Å². The highest BCUT2D eigenvalue weighted by atomic mass is 16.5. The second-order valence-electron chi connectivity index (χ2n) is 7.26. The van der Waals surface area contributed by atoms with Gasteiger partial charge in [0.2, 0.25) is 0 Å². The van der Waals surface area contributed by atoms with Crippen molar-refractivity contribution in [3.05, 3.63) is 59.7 Å². The number of hydrogen-bond donors (Lipinski definition) is 1. The van der Waals surface area contributed by atoms with Crippen LogP contribution in [0, 0.1) is 0 Å². The van der Waals surface area contributed by atoms with E-state index < -0.39 is 0 Å². The fourth-order valence-corrected chi connectivity index (χ4v) is 3.83. The molecule has 2 aromatic carbocycles. The molecule has 1 aliphatic heterocycles. The van der Waals surface area contributed by atoms with Crippen LogP contribution in [0.15, 0.2) is 48.5 Å². The van der Waals surface area contributed by atoms with Gasteiger partial charge in [-0.2, -0.15) is 0 Å². The highest BCUT2D eigenvalue weighted by Gasteiger charge is 2.20. The van der Waals surface area contributed by atoms with Gasteiger partial charge in [0.15, 0.2) is 0 Å². The molecule has 0 saturated carbocycles. The second-order valence-corrected chi connectivity index (χ2v) is 7.26. The molecule has 0 radical (unpaired) electrons. The van der Waals surface area contributed by atoms with E-state index >= 15 is 0 Å². The molecule has 3 rings (SSSR count). The fraction of sp³-hybridized carbons (Fsp3) is 0.478. The summed E-state index contributed by atoms with van der Waals surface area (Å²) in [6, 6.07) is 18.3. The molecule has 1 saturated heterocycles. The first-order valence-electron chi connectivity index (χ1n) is 9.78. The number of ether oxygens (including phenoxy) is 2. The summed E-state index contributed by atoms with van der Waals surface area (Å²) in [5.74, 6) is 1.87. The Bertz CT molecular complexity index is 593. The van der Waals surface area contributed by atoms with Gasteiger partial charge in [-0.15, -0.1) is 0 Å². The van der Waals surface area contributed by atoms with E-state index in [4.69, 9.17) is 9.47 Å². The minimum atomic E-state index is 0.645. The van der Waals surface area contributed by atoms with Gasteiger partial charge in [-0.25, -0.2) is 0 Å². The Labute approximate surface area is 157 Å². The number of nitrogens with one attached hydrogen (secondary N) is 1. The quantitative estimate of drug-likeness (QED) is 0.741. The van der Waals surface area contributed by atoms with Crippen molar-refractivity contribution in [1.29, 1.82) is 0 Å². The molecule has 26 heavy (non-hydrogen) atoms. The Kier molecular flexibility index (Phi) is 6.96. The third-order valence-electron chi connectivity index (χ3n) is 5.46. The highest BCUT2D eigenvalue weighted by Crippen LogP contribution is 2.21. The van der Waals surface area contributed by atoms with Crippen LogP contribution in [0.25, 0.3) is 0 Å². The summed E-state index contributed by atoms with van der Waals surface area (Å²) in [4.78, 5) is 0. The smallest absolute Gasteiger partial charge is 0.118 e. The van der Waals surface area contributed by atoms with Gasteiger partial charge < -0.3 is 14.8 Å². The van der Waals surface area contributed by atoms with E-state index in [0.717, 1.165) is 24.3 Å². The van der Waals surface area contributed by atoms with Crippen molar-refractivity contribution in [1.82, 2.24) is 5.32 Å². The molecule has 1 aliphatic rings. The van der Waals surface area contributed by atoms with Crippen LogP contribution >= 0.6 is 0 Å². The molecule has 3 heteroatoms. The number of rotatable bonds is 8. The Morgan fingerprint density at radius 2 is 1.15 bits per heavy atom. The lowest BCUT2D eigenvalue weighted by molar-refractivity contribution is 0.297. The SMILES string of the molecule is COc1ccc(CCC2CCCC(CCc3ccc(OC)cc3)N2)cc1. The van der Waals surface area contributed by atoms with Crippen molar-refractivity contribution in [2.24, 2.45) is 0 Å². The first-order chi connectivity index (χ1) is 12.8. The largest absolute Gasteiger partial charge is 0.497 e. The van der Waals surface area contributed by atoms with Crippen LogP contribution in [-0.4, -0.2) is 26.3 Å². The van der Waals surface area contributed by atoms with Crippen LogP contribution in [0.2, 0.25) is 0 Å². The molecule has 1 heterocycles. The summed E-state index contributed by atoms with van der Waals surface area (Å²) in [6.07, 6.45) is 8.63. The number of piperidine rings is 1. The average molecular weight is 354 g/mol. The Morgan fingerprint density at radius 3 is 1.54 bits per heavy atom. The normalized spacial score (nSPS) is 19.9. The predicted octanol–water partition coefficient (Wildman–Crippen LogP) is 4.78. The Balaban J connectivity index is 1.42. The van der Waals surface area contributed by atoms with Crippen molar-refractivity contribution in [3.8, 4) is 11.5 Å². The summed E-state index contributed by atoms with van der Waals surface area (Å²) >= 11 is 0. The zero-order valence-corrected chi connectivity index (χ0v) is 16.0. The van der Waals surface area contributed by atoms with Crippen molar-refractivity contribution in [2.75, 3.05) is 14.2 Å². The molecule has 0 aromatic heterocycles. The predicted molar refractivity (Wildman–Crippen MR) is 107 cm³/mol. The van der Waals surface area contributed by atoms with E-state index in [2.05, 4.69) is 53.8 Å². The molecule has 0 aliphatic carbocycles. The van der Waals surface area contributed by atoms with Crippen molar-refractivity contribution >= 4 is 0 Å². The third-order valence-corrected chi connectivity index (χ3v) is 5.46. The molecule has 2 atom stereocenters. The van der Waals surface area contributed by atoms with Crippen LogP contribution in [0.5, 0.6) is 11.5 Å². The standard InChI is InChI=1S/C23H31NO2/c1-25-22-14-8-18(9-15-22)6-12-20-4-3-5-21(24-20)13-7-19-10-16-23(26-2)17-11-19/h8-11,14-17,20-21,24H,3-7,12-13H2,1-2H3. The fourth-order valence-electron chi connectivity index (χ4n) is 3.83. The summed E-state index contributed by atoms with van der Waals surface area (Å²) in [5, 5.41) is 3.89. The molecule has 3 nitrogen and oxygen atoms in total. The van der Waals surface area contributed by atoms with Gasteiger partial charge in [0.05, 0.1) is 14.2 Å². The lowest BCUT2D eigenvalue weighted by atomic mass is 9.91. The van der Waals surface area contributed by atoms with E-state index in [0.29, 0.717) is 12.1 Å². The zero-order valence-electron chi connectivity index (χ0n) is 16.0. The number of hydrogen-bond acceptors (Lipinski definition) is 3. The van der Waals surface area contributed by atoms with Crippen LogP contribution in [0.3, 0.4) is 0 Å². The van der Waals surface area contributed by atoms with Crippen molar-refractivity contribution in [3.63, 3.8) is 0 Å². The minimum absolute atomic E-state index is 0.645. The van der Waals surface area contributed by atoms with Gasteiger partial charge >= 0.3 is 0 Å². The van der Waals surface area contributed by atoms with Crippen LogP contribution in [-0.2, 0) is 12.8 Å². The molecule has 140 valence electrons. The highest BCUT2D eigenvalue weighted by molar-refractivity contribution is 5.28. The van der Waals surface area contributed by atoms with Gasteiger partial charge in [-0.1, -0.05) is 30.7 Å². The lowest BCUT2D eigenvalue weighted by Gasteiger charge is -2.31. The topological polar surface area (TPSA) is 30.5 Å². The zero-order chi connectivity index (χ0) is 18.2. The maximum atomic E-state index is 5.23. The van der Waals surface area contributed by atoms with E-state index in [1.165, 1.54) is 43.2 Å². The Hall–Kier alpha value is -2.00. The van der Waals surface area contributed by atoms with Gasteiger partial charge in [0, 0.05) is 12.1 Å². The number of methoxy groups -OCH3 is 2. The molecule has 1 N–H and O–H groups in total. The number of benzene rings is 2. The van der Waals surface area contributed by atoms with Crippen molar-refractivity contribution < 1.29 is 9.47 Å². The van der Waals surface area contributed by atoms with E-state index in [1.807, 2.05) is 0 Å². The molecular weight excluding hydrogens is 322 g/mol. The van der Waals surface area contributed by atoms with Gasteiger partial charge in [-0.05, 0) is 73.9 Å². The monoisotopic (exact) mass is 353 g/mol. The molecule has 1 fully saturated rings. The summed E-state index contributed by atoms with van der Waals surface area (Å²) in [5.41, 5.74) is 2.79. The Morgan fingerprint density at radius 1 is 0.731 bits per heavy atom. The molecular formula is C23H31NO2. The summed E-state index contributed by atoms with van der Waals surface area (Å²) < 4.78 is 10.5. The average Bonchev–Trinajstić information content (AvgIpc) is 2.72. The van der Waals surface area contributed by atoms with E-state index in [1.54, 1.807) is 14.2 Å². The second kappa shape index (κ2) is 9.63. The van der Waals surface area contributed by atoms with Gasteiger partial charge in [-0.3, -0.25) is 0 Å². The van der Waals surface area contributed by atoms with Gasteiger partial charge in [0.25, 0.3) is 0 Å². The van der Waals surface area contributed by atoms with Gasteiger partial charge in [0.1, 0.15) is 11.5 Å². The molecule has 2 unspecified atom stereocenters. The first-order valence-corrected chi connectivity index (χ1v) is 9.78. The summed E-state index contributed by atoms with van der Waals surface area (Å²) in [6.45, 7) is 0.